The van der Waals surface area contributed by atoms with Crippen LogP contribution < -0.4 is 14.8 Å². The summed E-state index contributed by atoms with van der Waals surface area (Å²) in [6.45, 7) is 8.30. The van der Waals surface area contributed by atoms with Crippen LogP contribution in [0.15, 0.2) is 36.5 Å². The molecule has 3 rings (SSSR count). The number of hydrogen-bond donors (Lipinski definition) is 1. The second kappa shape index (κ2) is 13.5. The predicted molar refractivity (Wildman–Crippen MR) is 147 cm³/mol. The van der Waals surface area contributed by atoms with Gasteiger partial charge >= 0.3 is 6.01 Å². The number of carbonyl (C=O) groups excluding carboxylic acids is 1. The third-order valence-corrected chi connectivity index (χ3v) is 6.81. The molecule has 204 valence electrons. The lowest BCUT2D eigenvalue weighted by Gasteiger charge is -2.28. The lowest BCUT2D eigenvalue weighted by atomic mass is 9.96. The van der Waals surface area contributed by atoms with Gasteiger partial charge in [-0.3, -0.25) is 4.79 Å². The lowest BCUT2D eigenvalue weighted by molar-refractivity contribution is -0.144. The summed E-state index contributed by atoms with van der Waals surface area (Å²) in [4.78, 5) is 30.7. The molecule has 0 aliphatic carbocycles. The van der Waals surface area contributed by atoms with Crippen LogP contribution in [0.4, 0.5) is 0 Å². The fourth-order valence-electron chi connectivity index (χ4n) is 4.10. The van der Waals surface area contributed by atoms with E-state index in [2.05, 4.69) is 32.2 Å². The first-order valence-corrected chi connectivity index (χ1v) is 13.2. The maximum Gasteiger partial charge on any atom is 0.320 e. The minimum Gasteiger partial charge on any atom is -0.475 e. The quantitative estimate of drug-likeness (QED) is 0.295. The van der Waals surface area contributed by atoms with E-state index in [-0.39, 0.29) is 18.0 Å². The van der Waals surface area contributed by atoms with Gasteiger partial charge in [-0.15, -0.1) is 0 Å². The van der Waals surface area contributed by atoms with E-state index in [4.69, 9.17) is 25.8 Å². The van der Waals surface area contributed by atoms with Crippen LogP contribution in [0.2, 0.25) is 5.02 Å². The summed E-state index contributed by atoms with van der Waals surface area (Å²) in [7, 11) is 3.05. The molecule has 38 heavy (non-hydrogen) atoms. The van der Waals surface area contributed by atoms with E-state index in [1.807, 2.05) is 39.0 Å². The Labute approximate surface area is 229 Å². The Bertz CT molecular complexity index is 1210. The highest BCUT2D eigenvalue weighted by atomic mass is 35.5. The molecular formula is C28H36ClN5O4. The highest BCUT2D eigenvalue weighted by molar-refractivity contribution is 6.33. The summed E-state index contributed by atoms with van der Waals surface area (Å²) in [5, 5.41) is 3.43. The maximum atomic E-state index is 12.8. The molecule has 1 N–H and O–H groups in total. The van der Waals surface area contributed by atoms with Gasteiger partial charge in [0.05, 0.1) is 18.2 Å². The fourth-order valence-corrected chi connectivity index (χ4v) is 4.30. The first kappa shape index (κ1) is 29.3. The van der Waals surface area contributed by atoms with Gasteiger partial charge in [-0.05, 0) is 49.9 Å². The van der Waals surface area contributed by atoms with Crippen LogP contribution >= 0.6 is 11.6 Å². The summed E-state index contributed by atoms with van der Waals surface area (Å²) in [5.74, 6) is 1.11. The Morgan fingerprint density at radius 2 is 1.79 bits per heavy atom. The highest BCUT2D eigenvalue weighted by Crippen LogP contribution is 2.29. The topological polar surface area (TPSA) is 108 Å². The smallest absolute Gasteiger partial charge is 0.320 e. The van der Waals surface area contributed by atoms with Crippen LogP contribution in [-0.2, 0) is 16.1 Å². The summed E-state index contributed by atoms with van der Waals surface area (Å²) in [5.41, 5.74) is 1.25. The van der Waals surface area contributed by atoms with Crippen molar-refractivity contribution in [3.8, 4) is 34.7 Å². The summed E-state index contributed by atoms with van der Waals surface area (Å²) < 4.78 is 16.7. The first-order chi connectivity index (χ1) is 18.3. The number of amides is 1. The van der Waals surface area contributed by atoms with E-state index in [1.165, 1.54) is 7.11 Å². The Morgan fingerprint density at radius 3 is 2.39 bits per heavy atom. The lowest BCUT2D eigenvalue weighted by Crippen LogP contribution is -2.47. The van der Waals surface area contributed by atoms with E-state index in [0.29, 0.717) is 53.1 Å². The molecular weight excluding hydrogens is 506 g/mol. The predicted octanol–water partition coefficient (Wildman–Crippen LogP) is 5.65. The van der Waals surface area contributed by atoms with Crippen LogP contribution in [0.5, 0.6) is 11.9 Å². The minimum absolute atomic E-state index is 0.0799. The van der Waals surface area contributed by atoms with Crippen molar-refractivity contribution >= 4 is 17.5 Å². The van der Waals surface area contributed by atoms with E-state index in [9.17, 15) is 4.79 Å². The molecule has 1 atom stereocenters. The summed E-state index contributed by atoms with van der Waals surface area (Å²) >= 11 is 6.54. The molecule has 2 aromatic heterocycles. The number of benzene rings is 1. The molecule has 3 aromatic rings. The molecule has 0 saturated carbocycles. The zero-order valence-corrected chi connectivity index (χ0v) is 23.6. The van der Waals surface area contributed by atoms with Crippen molar-refractivity contribution in [3.05, 3.63) is 47.1 Å². The number of methoxy groups -OCH3 is 2. The van der Waals surface area contributed by atoms with Gasteiger partial charge < -0.3 is 19.5 Å². The second-order valence-corrected chi connectivity index (χ2v) is 9.38. The number of ether oxygens (including phenoxy) is 3. The number of hydrogen-bond acceptors (Lipinski definition) is 8. The molecule has 0 radical (unpaired) electrons. The number of nitrogens with zero attached hydrogens (tertiary/aromatic N) is 4. The molecule has 1 unspecified atom stereocenters. The largest absolute Gasteiger partial charge is 0.475 e. The van der Waals surface area contributed by atoms with Gasteiger partial charge in [0.1, 0.15) is 5.60 Å². The molecule has 1 amide bonds. The summed E-state index contributed by atoms with van der Waals surface area (Å²) in [6, 6.07) is 9.23. The Balaban J connectivity index is 1.87. The molecule has 0 spiro atoms. The van der Waals surface area contributed by atoms with Gasteiger partial charge in [0, 0.05) is 37.0 Å². The molecule has 0 saturated heterocycles. The normalized spacial score (nSPS) is 12.2. The van der Waals surface area contributed by atoms with Crippen molar-refractivity contribution < 1.29 is 19.0 Å². The minimum atomic E-state index is -0.853. The average molecular weight is 542 g/mol. The molecule has 0 bridgehead atoms. The Hall–Kier alpha value is -3.30. The zero-order chi connectivity index (χ0) is 27.7. The highest BCUT2D eigenvalue weighted by Gasteiger charge is 2.34. The monoisotopic (exact) mass is 541 g/mol. The van der Waals surface area contributed by atoms with Gasteiger partial charge in [-0.1, -0.05) is 44.9 Å². The Kier molecular flexibility index (Phi) is 10.4. The summed E-state index contributed by atoms with van der Waals surface area (Å²) in [6.07, 6.45) is 4.87. The SMILES string of the molecule is CCCC(C)Oc1ccc(-c2nc(OC)nc(-c3cc(CNC(=O)C(CC)(CC)OC)ccc3Cl)n2)cn1. The van der Waals surface area contributed by atoms with Crippen molar-refractivity contribution in [2.75, 3.05) is 14.2 Å². The van der Waals surface area contributed by atoms with Crippen LogP contribution in [0.25, 0.3) is 22.8 Å². The number of halogens is 1. The van der Waals surface area contributed by atoms with Crippen LogP contribution in [0.3, 0.4) is 0 Å². The van der Waals surface area contributed by atoms with Gasteiger partial charge in [0.25, 0.3) is 5.91 Å². The Morgan fingerprint density at radius 1 is 1.05 bits per heavy atom. The van der Waals surface area contributed by atoms with Gasteiger partial charge in [0.15, 0.2) is 11.6 Å². The van der Waals surface area contributed by atoms with E-state index >= 15 is 0 Å². The second-order valence-electron chi connectivity index (χ2n) is 8.97. The number of carbonyl (C=O) groups is 1. The molecule has 0 aliphatic heterocycles. The standard InChI is InChI=1S/C28H36ClN5O4/c1-7-10-18(4)38-23-14-12-20(17-30-23)24-32-25(34-27(33-24)36-5)21-15-19(11-13-22(21)29)16-31-26(35)28(8-2,9-3)37-6/h11-15,17-18H,7-10,16H2,1-6H3,(H,31,35). The van der Waals surface area contributed by atoms with Crippen LogP contribution in [0.1, 0.15) is 58.9 Å². The fraction of sp³-hybridized carbons (Fsp3) is 0.464. The third kappa shape index (κ3) is 6.96. The molecule has 10 heteroatoms. The van der Waals surface area contributed by atoms with E-state index in [1.54, 1.807) is 25.4 Å². The number of rotatable bonds is 13. The van der Waals surface area contributed by atoms with Gasteiger partial charge in [0.2, 0.25) is 5.88 Å². The average Bonchev–Trinajstić information content (AvgIpc) is 2.94. The molecule has 2 heterocycles. The molecule has 0 fully saturated rings. The number of aromatic nitrogens is 4. The molecule has 0 aliphatic rings. The van der Waals surface area contributed by atoms with E-state index in [0.717, 1.165) is 18.4 Å². The van der Waals surface area contributed by atoms with Crippen molar-refractivity contribution in [2.45, 2.75) is 71.6 Å². The molecule has 9 nitrogen and oxygen atoms in total. The van der Waals surface area contributed by atoms with Crippen molar-refractivity contribution in [3.63, 3.8) is 0 Å². The molecule has 1 aromatic carbocycles. The van der Waals surface area contributed by atoms with Crippen molar-refractivity contribution in [1.29, 1.82) is 0 Å². The van der Waals surface area contributed by atoms with Gasteiger partial charge in [-0.25, -0.2) is 9.97 Å². The first-order valence-electron chi connectivity index (χ1n) is 12.8. The number of pyridine rings is 1. The third-order valence-electron chi connectivity index (χ3n) is 6.48. The van der Waals surface area contributed by atoms with Crippen molar-refractivity contribution in [1.82, 2.24) is 25.3 Å². The van der Waals surface area contributed by atoms with Gasteiger partial charge in [-0.2, -0.15) is 9.97 Å². The van der Waals surface area contributed by atoms with Crippen LogP contribution in [-0.4, -0.2) is 51.8 Å². The number of nitrogens with one attached hydrogen (secondary N) is 1. The zero-order valence-electron chi connectivity index (χ0n) is 22.9. The van der Waals surface area contributed by atoms with Crippen LogP contribution in [0, 0.1) is 0 Å². The maximum absolute atomic E-state index is 12.8. The van der Waals surface area contributed by atoms with Crippen molar-refractivity contribution in [2.24, 2.45) is 0 Å². The van der Waals surface area contributed by atoms with E-state index < -0.39 is 5.60 Å².